The minimum atomic E-state index is -0.646. The topological polar surface area (TPSA) is 55.4 Å². The second-order valence-electron chi connectivity index (χ2n) is 6.63. The SMILES string of the molecule is CC(=O)[C@@H]1C(=O)N[C@]23CCCC[C@@H]2[C@H]1c1cc(Cl)ccc1O3. The van der Waals surface area contributed by atoms with Crippen LogP contribution < -0.4 is 10.1 Å². The van der Waals surface area contributed by atoms with Crippen LogP contribution in [0.3, 0.4) is 0 Å². The molecule has 1 aromatic rings. The van der Waals surface area contributed by atoms with Gasteiger partial charge in [0.05, 0.1) is 0 Å². The fourth-order valence-electron chi connectivity index (χ4n) is 4.53. The lowest BCUT2D eigenvalue weighted by atomic mass is 9.61. The molecule has 2 fully saturated rings. The van der Waals surface area contributed by atoms with Crippen molar-refractivity contribution in [3.63, 3.8) is 0 Å². The van der Waals surface area contributed by atoms with Crippen LogP contribution in [0.5, 0.6) is 5.75 Å². The third-order valence-corrected chi connectivity index (χ3v) is 5.62. The number of ketones is 1. The van der Waals surface area contributed by atoms with Gasteiger partial charge in [-0.3, -0.25) is 9.59 Å². The number of fused-ring (bicyclic) bond motifs is 2. The predicted octanol–water partition coefficient (Wildman–Crippen LogP) is 3.04. The molecule has 1 aliphatic carbocycles. The number of Topliss-reactive ketones (excluding diaryl/α,β-unsaturated/α-hetero) is 1. The Bertz CT molecular complexity index is 674. The molecule has 4 atom stereocenters. The van der Waals surface area contributed by atoms with E-state index in [4.69, 9.17) is 16.3 Å². The number of nitrogens with one attached hydrogen (secondary N) is 1. The van der Waals surface area contributed by atoms with Crippen LogP contribution >= 0.6 is 11.6 Å². The summed E-state index contributed by atoms with van der Waals surface area (Å²) in [5.41, 5.74) is 0.261. The molecule has 1 amide bonds. The number of hydrogen-bond donors (Lipinski definition) is 1. The molecule has 22 heavy (non-hydrogen) atoms. The number of benzene rings is 1. The van der Waals surface area contributed by atoms with Crippen molar-refractivity contribution in [3.05, 3.63) is 28.8 Å². The minimum absolute atomic E-state index is 0.0884. The number of ether oxygens (including phenoxy) is 1. The molecule has 4 rings (SSSR count). The summed E-state index contributed by atoms with van der Waals surface area (Å²) >= 11 is 6.15. The Morgan fingerprint density at radius 2 is 2.23 bits per heavy atom. The highest BCUT2D eigenvalue weighted by Crippen LogP contribution is 2.55. The number of hydrogen-bond acceptors (Lipinski definition) is 3. The standard InChI is InChI=1S/C17H18ClNO3/c1-9(20)14-15-11-8-10(18)5-6-13(11)22-17(19-16(14)21)7-3-2-4-12(15)17/h5-6,8,12,14-15H,2-4,7H2,1H3,(H,19,21)/t12-,14+,15-,17+/m1/s1. The van der Waals surface area contributed by atoms with Gasteiger partial charge in [-0.1, -0.05) is 18.0 Å². The molecule has 2 bridgehead atoms. The number of amides is 1. The van der Waals surface area contributed by atoms with Crippen LogP contribution in [0.25, 0.3) is 0 Å². The Labute approximate surface area is 134 Å². The first-order valence-corrected chi connectivity index (χ1v) is 8.20. The zero-order chi connectivity index (χ0) is 15.5. The molecule has 2 aliphatic heterocycles. The molecule has 4 nitrogen and oxygen atoms in total. The molecule has 0 radical (unpaired) electrons. The zero-order valence-electron chi connectivity index (χ0n) is 12.4. The minimum Gasteiger partial charge on any atom is -0.467 e. The van der Waals surface area contributed by atoms with Gasteiger partial charge in [-0.2, -0.15) is 0 Å². The van der Waals surface area contributed by atoms with Crippen LogP contribution in [0, 0.1) is 11.8 Å². The van der Waals surface area contributed by atoms with Gasteiger partial charge in [0.2, 0.25) is 5.91 Å². The second kappa shape index (κ2) is 4.72. The monoisotopic (exact) mass is 319 g/mol. The van der Waals surface area contributed by atoms with E-state index in [2.05, 4.69) is 5.32 Å². The first-order valence-electron chi connectivity index (χ1n) is 7.83. The summed E-state index contributed by atoms with van der Waals surface area (Å²) in [6.07, 6.45) is 3.88. The lowest BCUT2D eigenvalue weighted by molar-refractivity contribution is -0.160. The average Bonchev–Trinajstić information content (AvgIpc) is 2.46. The zero-order valence-corrected chi connectivity index (χ0v) is 13.2. The van der Waals surface area contributed by atoms with Crippen LogP contribution in [-0.4, -0.2) is 17.4 Å². The third kappa shape index (κ3) is 1.83. The Kier molecular flexibility index (Phi) is 3.02. The van der Waals surface area contributed by atoms with Gasteiger partial charge in [-0.25, -0.2) is 0 Å². The van der Waals surface area contributed by atoms with Crippen molar-refractivity contribution in [2.75, 3.05) is 0 Å². The lowest BCUT2D eigenvalue weighted by Crippen LogP contribution is -2.69. The second-order valence-corrected chi connectivity index (χ2v) is 7.07. The van der Waals surface area contributed by atoms with E-state index in [-0.39, 0.29) is 23.5 Å². The fraction of sp³-hybridized carbons (Fsp3) is 0.529. The number of halogens is 1. The van der Waals surface area contributed by atoms with E-state index in [1.807, 2.05) is 12.1 Å². The highest BCUT2D eigenvalue weighted by molar-refractivity contribution is 6.30. The van der Waals surface area contributed by atoms with Crippen molar-refractivity contribution in [2.45, 2.75) is 44.2 Å². The van der Waals surface area contributed by atoms with Gasteiger partial charge in [-0.05, 0) is 38.0 Å². The maximum absolute atomic E-state index is 12.5. The van der Waals surface area contributed by atoms with Crippen molar-refractivity contribution in [1.82, 2.24) is 5.32 Å². The van der Waals surface area contributed by atoms with Crippen molar-refractivity contribution < 1.29 is 14.3 Å². The molecule has 0 aromatic heterocycles. The van der Waals surface area contributed by atoms with E-state index in [0.717, 1.165) is 37.0 Å². The summed E-state index contributed by atoms with van der Waals surface area (Å²) < 4.78 is 6.25. The molecule has 5 heteroatoms. The Balaban J connectivity index is 1.93. The van der Waals surface area contributed by atoms with E-state index in [1.54, 1.807) is 6.07 Å². The number of piperidine rings is 1. The van der Waals surface area contributed by atoms with Crippen LogP contribution in [0.1, 0.15) is 44.1 Å². The Hall–Kier alpha value is -1.55. The van der Waals surface area contributed by atoms with Gasteiger partial charge in [0.25, 0.3) is 0 Å². The number of rotatable bonds is 1. The van der Waals surface area contributed by atoms with Crippen molar-refractivity contribution >= 4 is 23.3 Å². The van der Waals surface area contributed by atoms with E-state index in [0.29, 0.717) is 5.02 Å². The smallest absolute Gasteiger partial charge is 0.234 e. The van der Waals surface area contributed by atoms with E-state index in [1.165, 1.54) is 6.92 Å². The van der Waals surface area contributed by atoms with Crippen molar-refractivity contribution in [3.8, 4) is 5.75 Å². The fourth-order valence-corrected chi connectivity index (χ4v) is 4.71. The summed E-state index contributed by atoms with van der Waals surface area (Å²) in [5, 5.41) is 3.65. The van der Waals surface area contributed by atoms with E-state index in [9.17, 15) is 9.59 Å². The third-order valence-electron chi connectivity index (χ3n) is 5.38. The van der Waals surface area contributed by atoms with Gasteiger partial charge in [0.1, 0.15) is 17.5 Å². The van der Waals surface area contributed by atoms with Crippen LogP contribution in [0.4, 0.5) is 0 Å². The molecule has 0 spiro atoms. The summed E-state index contributed by atoms with van der Waals surface area (Å²) in [6.45, 7) is 1.50. The molecule has 1 saturated carbocycles. The molecular weight excluding hydrogens is 302 g/mol. The number of carbonyl (C=O) groups is 2. The Morgan fingerprint density at radius 1 is 1.41 bits per heavy atom. The molecule has 1 saturated heterocycles. The van der Waals surface area contributed by atoms with Crippen LogP contribution in [0.2, 0.25) is 5.02 Å². The summed E-state index contributed by atoms with van der Waals surface area (Å²) in [6, 6.07) is 5.50. The van der Waals surface area contributed by atoms with Gasteiger partial charge in [0.15, 0.2) is 5.72 Å². The van der Waals surface area contributed by atoms with Crippen LogP contribution in [-0.2, 0) is 9.59 Å². The van der Waals surface area contributed by atoms with Gasteiger partial charge >= 0.3 is 0 Å². The first kappa shape index (κ1) is 14.1. The molecule has 1 N–H and O–H groups in total. The molecule has 3 aliphatic rings. The molecule has 2 heterocycles. The molecule has 116 valence electrons. The maximum Gasteiger partial charge on any atom is 0.234 e. The van der Waals surface area contributed by atoms with Crippen molar-refractivity contribution in [2.24, 2.45) is 11.8 Å². The van der Waals surface area contributed by atoms with E-state index >= 15 is 0 Å². The maximum atomic E-state index is 12.5. The van der Waals surface area contributed by atoms with Gasteiger partial charge in [0, 0.05) is 28.8 Å². The highest BCUT2D eigenvalue weighted by atomic mass is 35.5. The Morgan fingerprint density at radius 3 is 3.00 bits per heavy atom. The molecular formula is C17H18ClNO3. The summed E-state index contributed by atoms with van der Waals surface area (Å²) in [7, 11) is 0. The lowest BCUT2D eigenvalue weighted by Gasteiger charge is -2.56. The molecule has 1 aromatic carbocycles. The quantitative estimate of drug-likeness (QED) is 0.809. The average molecular weight is 320 g/mol. The largest absolute Gasteiger partial charge is 0.467 e. The van der Waals surface area contributed by atoms with Crippen molar-refractivity contribution in [1.29, 1.82) is 0 Å². The van der Waals surface area contributed by atoms with Gasteiger partial charge in [-0.15, -0.1) is 0 Å². The highest BCUT2D eigenvalue weighted by Gasteiger charge is 2.60. The van der Waals surface area contributed by atoms with E-state index < -0.39 is 11.6 Å². The van der Waals surface area contributed by atoms with Gasteiger partial charge < -0.3 is 10.1 Å². The summed E-state index contributed by atoms with van der Waals surface area (Å²) in [5.74, 6) is -0.181. The van der Waals surface area contributed by atoms with Crippen LogP contribution in [0.15, 0.2) is 18.2 Å². The first-order chi connectivity index (χ1) is 10.5. The molecule has 0 unspecified atom stereocenters. The predicted molar refractivity (Wildman–Crippen MR) is 81.8 cm³/mol. The number of carbonyl (C=O) groups excluding carboxylic acids is 2. The normalized spacial score (nSPS) is 35.7. The summed E-state index contributed by atoms with van der Waals surface area (Å²) in [4.78, 5) is 24.7.